The van der Waals surface area contributed by atoms with E-state index in [1.807, 2.05) is 45.0 Å². The fourth-order valence-corrected chi connectivity index (χ4v) is 3.74. The third kappa shape index (κ3) is 8.75. The monoisotopic (exact) mass is 466 g/mol. The molecule has 0 fully saturated rings. The van der Waals surface area contributed by atoms with Crippen molar-refractivity contribution in [2.75, 3.05) is 6.54 Å². The van der Waals surface area contributed by atoms with Crippen LogP contribution in [0.3, 0.4) is 0 Å². The Labute approximate surface area is 203 Å². The number of hydrogen-bond donors (Lipinski definition) is 2. The van der Waals surface area contributed by atoms with Crippen molar-refractivity contribution < 1.29 is 19.1 Å². The van der Waals surface area contributed by atoms with Crippen LogP contribution in [0.2, 0.25) is 0 Å². The zero-order valence-corrected chi connectivity index (χ0v) is 21.2. The van der Waals surface area contributed by atoms with Crippen LogP contribution >= 0.6 is 0 Å². The number of carbonyl (C=O) groups excluding carboxylic acids is 3. The van der Waals surface area contributed by atoms with E-state index < -0.39 is 5.41 Å². The van der Waals surface area contributed by atoms with Gasteiger partial charge in [-0.15, -0.1) is 0 Å². The first-order valence-corrected chi connectivity index (χ1v) is 11.8. The first kappa shape index (κ1) is 27.3. The van der Waals surface area contributed by atoms with Crippen molar-refractivity contribution in [1.82, 2.24) is 10.6 Å². The second kappa shape index (κ2) is 11.9. The van der Waals surface area contributed by atoms with Crippen molar-refractivity contribution in [3.8, 4) is 16.9 Å². The van der Waals surface area contributed by atoms with Crippen LogP contribution in [0.4, 0.5) is 0 Å². The van der Waals surface area contributed by atoms with E-state index >= 15 is 0 Å². The molecule has 2 rings (SSSR count). The standard InChI is InChI=1S/C28H38N2O4/c1-27(2,3)25(32)24(30-28(4,5)6)15-7-8-16-29-26(33)22-13-9-11-20(17-22)21-12-10-14-23(18-21)34-19-31/h9-14,17-19,24,30H,7-8,15-16H2,1-6H3,(H,29,33)/t24-/m0/s1. The molecule has 0 unspecified atom stereocenters. The van der Waals surface area contributed by atoms with E-state index in [1.165, 1.54) is 0 Å². The van der Waals surface area contributed by atoms with E-state index in [-0.39, 0.29) is 23.3 Å². The number of ketones is 1. The van der Waals surface area contributed by atoms with Crippen LogP contribution in [0, 0.1) is 5.41 Å². The van der Waals surface area contributed by atoms with E-state index in [9.17, 15) is 14.4 Å². The van der Waals surface area contributed by atoms with Crippen molar-refractivity contribution in [2.45, 2.75) is 72.4 Å². The van der Waals surface area contributed by atoms with Gasteiger partial charge in [0, 0.05) is 23.1 Å². The normalized spacial score (nSPS) is 12.6. The zero-order chi connectivity index (χ0) is 25.4. The van der Waals surface area contributed by atoms with Crippen LogP contribution in [-0.4, -0.2) is 36.3 Å². The summed E-state index contributed by atoms with van der Waals surface area (Å²) in [4.78, 5) is 36.1. The number of benzene rings is 2. The zero-order valence-electron chi connectivity index (χ0n) is 21.2. The van der Waals surface area contributed by atoms with Crippen molar-refractivity contribution in [3.05, 3.63) is 54.1 Å². The minimum atomic E-state index is -0.402. The average Bonchev–Trinajstić information content (AvgIpc) is 2.76. The van der Waals surface area contributed by atoms with Gasteiger partial charge in [-0.1, -0.05) is 45.0 Å². The molecular weight excluding hydrogens is 428 g/mol. The summed E-state index contributed by atoms with van der Waals surface area (Å²) < 4.78 is 4.91. The number of hydrogen-bond acceptors (Lipinski definition) is 5. The van der Waals surface area contributed by atoms with Crippen LogP contribution in [0.1, 0.15) is 71.2 Å². The molecule has 0 aliphatic rings. The predicted octanol–water partition coefficient (Wildman–Crippen LogP) is 5.16. The Balaban J connectivity index is 1.91. The van der Waals surface area contributed by atoms with Crippen LogP contribution in [0.5, 0.6) is 5.75 Å². The molecule has 6 heteroatoms. The Morgan fingerprint density at radius 2 is 1.59 bits per heavy atom. The van der Waals surface area contributed by atoms with Crippen molar-refractivity contribution in [1.29, 1.82) is 0 Å². The minimum absolute atomic E-state index is 0.141. The molecule has 1 amide bonds. The van der Waals surface area contributed by atoms with Gasteiger partial charge in [-0.2, -0.15) is 0 Å². The summed E-state index contributed by atoms with van der Waals surface area (Å²) in [6.07, 6.45) is 2.35. The second-order valence-corrected chi connectivity index (χ2v) is 10.6. The fourth-order valence-electron chi connectivity index (χ4n) is 3.74. The molecule has 6 nitrogen and oxygen atoms in total. The summed E-state index contributed by atoms with van der Waals surface area (Å²) in [6.45, 7) is 13.0. The maximum Gasteiger partial charge on any atom is 0.298 e. The van der Waals surface area contributed by atoms with Gasteiger partial charge in [0.2, 0.25) is 0 Å². The summed E-state index contributed by atoms with van der Waals surface area (Å²) in [5, 5.41) is 6.43. The molecule has 0 aromatic heterocycles. The van der Waals surface area contributed by atoms with Gasteiger partial charge in [0.15, 0.2) is 5.78 Å². The lowest BCUT2D eigenvalue weighted by Gasteiger charge is -2.31. The van der Waals surface area contributed by atoms with E-state index in [1.54, 1.807) is 24.3 Å². The Morgan fingerprint density at radius 3 is 2.21 bits per heavy atom. The molecule has 0 heterocycles. The van der Waals surface area contributed by atoms with Gasteiger partial charge in [-0.3, -0.25) is 14.4 Å². The molecule has 1 atom stereocenters. The molecule has 2 aromatic carbocycles. The van der Waals surface area contributed by atoms with Crippen molar-refractivity contribution in [2.24, 2.45) is 5.41 Å². The average molecular weight is 467 g/mol. The molecule has 0 spiro atoms. The van der Waals surface area contributed by atoms with Crippen LogP contribution < -0.4 is 15.4 Å². The molecule has 2 N–H and O–H groups in total. The molecule has 2 aromatic rings. The number of carbonyl (C=O) groups is 3. The molecule has 184 valence electrons. The SMILES string of the molecule is CC(C)(C)N[C@@H](CCCCNC(=O)c1cccc(-c2cccc(OC=O)c2)c1)C(=O)C(C)(C)C. The number of Topliss-reactive ketones (excluding diaryl/α,β-unsaturated/α-hetero) is 1. The number of amides is 1. The number of ether oxygens (including phenoxy) is 1. The lowest BCUT2D eigenvalue weighted by atomic mass is 9.84. The van der Waals surface area contributed by atoms with Gasteiger partial charge in [0.1, 0.15) is 5.75 Å². The molecule has 34 heavy (non-hydrogen) atoms. The lowest BCUT2D eigenvalue weighted by Crippen LogP contribution is -2.50. The summed E-state index contributed by atoms with van der Waals surface area (Å²) in [6, 6.07) is 14.3. The van der Waals surface area contributed by atoms with Gasteiger partial charge >= 0.3 is 0 Å². The summed E-state index contributed by atoms with van der Waals surface area (Å²) in [5.74, 6) is 0.523. The number of rotatable bonds is 11. The Bertz CT molecular complexity index is 986. The van der Waals surface area contributed by atoms with E-state index in [0.29, 0.717) is 24.3 Å². The van der Waals surface area contributed by atoms with Crippen LogP contribution in [0.25, 0.3) is 11.1 Å². The predicted molar refractivity (Wildman–Crippen MR) is 136 cm³/mol. The summed E-state index contributed by atoms with van der Waals surface area (Å²) in [5.41, 5.74) is 1.73. The van der Waals surface area contributed by atoms with E-state index in [0.717, 1.165) is 30.4 Å². The topological polar surface area (TPSA) is 84.5 Å². The van der Waals surface area contributed by atoms with Gasteiger partial charge in [0.05, 0.1) is 6.04 Å². The molecule has 0 bridgehead atoms. The molecule has 0 saturated heterocycles. The molecule has 0 radical (unpaired) electrons. The lowest BCUT2D eigenvalue weighted by molar-refractivity contribution is -0.129. The highest BCUT2D eigenvalue weighted by atomic mass is 16.5. The third-order valence-corrected chi connectivity index (χ3v) is 5.34. The van der Waals surface area contributed by atoms with E-state index in [2.05, 4.69) is 31.4 Å². The van der Waals surface area contributed by atoms with Gasteiger partial charge in [-0.25, -0.2) is 0 Å². The smallest absolute Gasteiger partial charge is 0.298 e. The van der Waals surface area contributed by atoms with Crippen molar-refractivity contribution >= 4 is 18.2 Å². The molecule has 0 aliphatic carbocycles. The highest BCUT2D eigenvalue weighted by Crippen LogP contribution is 2.25. The summed E-state index contributed by atoms with van der Waals surface area (Å²) in [7, 11) is 0. The molecule has 0 aliphatic heterocycles. The Morgan fingerprint density at radius 1 is 0.941 bits per heavy atom. The Kier molecular flexibility index (Phi) is 9.56. The van der Waals surface area contributed by atoms with Gasteiger partial charge in [-0.05, 0) is 75.4 Å². The van der Waals surface area contributed by atoms with Crippen LogP contribution in [0.15, 0.2) is 48.5 Å². The van der Waals surface area contributed by atoms with Gasteiger partial charge in [0.25, 0.3) is 12.4 Å². The summed E-state index contributed by atoms with van der Waals surface area (Å²) >= 11 is 0. The third-order valence-electron chi connectivity index (χ3n) is 5.34. The van der Waals surface area contributed by atoms with Gasteiger partial charge < -0.3 is 15.4 Å². The minimum Gasteiger partial charge on any atom is -0.429 e. The first-order valence-electron chi connectivity index (χ1n) is 11.8. The highest BCUT2D eigenvalue weighted by molar-refractivity contribution is 5.95. The number of nitrogens with one attached hydrogen (secondary N) is 2. The maximum atomic E-state index is 12.8. The largest absolute Gasteiger partial charge is 0.429 e. The fraction of sp³-hybridized carbons (Fsp3) is 0.464. The highest BCUT2D eigenvalue weighted by Gasteiger charge is 2.31. The van der Waals surface area contributed by atoms with Crippen molar-refractivity contribution in [3.63, 3.8) is 0 Å². The number of unbranched alkanes of at least 4 members (excludes halogenated alkanes) is 1. The second-order valence-electron chi connectivity index (χ2n) is 10.6. The van der Waals surface area contributed by atoms with E-state index in [4.69, 9.17) is 4.74 Å². The quantitative estimate of drug-likeness (QED) is 0.353. The van der Waals surface area contributed by atoms with Crippen LogP contribution in [-0.2, 0) is 9.59 Å². The maximum absolute atomic E-state index is 12.8. The molecule has 0 saturated carbocycles. The first-order chi connectivity index (χ1) is 15.9. The molecular formula is C28H38N2O4. The Hall–Kier alpha value is -2.99.